The Morgan fingerprint density at radius 3 is 1.68 bits per heavy atom. The molecule has 0 aliphatic rings. The van der Waals surface area contributed by atoms with E-state index in [0.717, 1.165) is 11.1 Å². The molecule has 0 saturated heterocycles. The Hall–Kier alpha value is -1.57. The first kappa shape index (κ1) is 16.8. The van der Waals surface area contributed by atoms with Crippen molar-refractivity contribution in [3.05, 3.63) is 59.7 Å². The van der Waals surface area contributed by atoms with E-state index < -0.39 is 16.1 Å². The summed E-state index contributed by atoms with van der Waals surface area (Å²) >= 11 is 0. The van der Waals surface area contributed by atoms with Crippen LogP contribution >= 0.6 is 0 Å². The maximum absolute atomic E-state index is 3.32. The van der Waals surface area contributed by atoms with Gasteiger partial charge in [0.1, 0.15) is 0 Å². The zero-order valence-corrected chi connectivity index (χ0v) is 16.6. The lowest BCUT2D eigenvalue weighted by molar-refractivity contribution is 1.62. The van der Waals surface area contributed by atoms with Crippen LogP contribution in [-0.2, 0) is 0 Å². The zero-order chi connectivity index (χ0) is 16.4. The fourth-order valence-corrected chi connectivity index (χ4v) is 4.61. The number of hydrogen-bond acceptors (Lipinski definition) is 0. The van der Waals surface area contributed by atoms with Crippen LogP contribution in [0.25, 0.3) is 0 Å². The van der Waals surface area contributed by atoms with Gasteiger partial charge < -0.3 is 0 Å². The molecule has 0 nitrogen and oxygen atoms in total. The molecule has 0 N–H and O–H groups in total. The molecular formula is C20H26Si2. The molecule has 0 radical (unpaired) electrons. The van der Waals surface area contributed by atoms with E-state index in [0.29, 0.717) is 0 Å². The van der Waals surface area contributed by atoms with Crippen molar-refractivity contribution in [2.45, 2.75) is 39.3 Å². The van der Waals surface area contributed by atoms with Gasteiger partial charge >= 0.3 is 0 Å². The highest BCUT2D eigenvalue weighted by atomic mass is 28.3. The van der Waals surface area contributed by atoms with Gasteiger partial charge in [0.15, 0.2) is 0 Å². The van der Waals surface area contributed by atoms with Crippen molar-refractivity contribution >= 4 is 26.5 Å². The number of hydrogen-bond donors (Lipinski definition) is 0. The van der Waals surface area contributed by atoms with Crippen molar-refractivity contribution in [2.24, 2.45) is 0 Å². The van der Waals surface area contributed by atoms with Crippen molar-refractivity contribution in [1.82, 2.24) is 0 Å². The maximum atomic E-state index is 3.32. The van der Waals surface area contributed by atoms with Crippen LogP contribution in [0.4, 0.5) is 0 Å². The van der Waals surface area contributed by atoms with E-state index in [1.807, 2.05) is 0 Å². The van der Waals surface area contributed by atoms with Gasteiger partial charge in [-0.1, -0.05) is 85.8 Å². The monoisotopic (exact) mass is 322 g/mol. The second-order valence-electron chi connectivity index (χ2n) is 7.91. The van der Waals surface area contributed by atoms with Gasteiger partial charge in [-0.2, -0.15) is 0 Å². The Morgan fingerprint density at radius 2 is 1.14 bits per heavy atom. The van der Waals surface area contributed by atoms with Crippen LogP contribution in [-0.4, -0.2) is 16.1 Å². The van der Waals surface area contributed by atoms with Gasteiger partial charge in [-0.15, -0.1) is 0 Å². The Bertz CT molecular complexity index is 702. The van der Waals surface area contributed by atoms with Crippen molar-refractivity contribution in [2.75, 3.05) is 0 Å². The number of rotatable bonds is 2. The summed E-state index contributed by atoms with van der Waals surface area (Å²) in [5, 5.41) is 2.95. The van der Waals surface area contributed by atoms with E-state index in [4.69, 9.17) is 0 Å². The summed E-state index contributed by atoms with van der Waals surface area (Å²) in [5.41, 5.74) is 2.22. The molecule has 0 spiro atoms. The lowest BCUT2D eigenvalue weighted by atomic mass is 10.2. The normalized spacial score (nSPS) is 11.7. The second kappa shape index (κ2) is 6.28. The van der Waals surface area contributed by atoms with E-state index in [1.165, 1.54) is 10.4 Å². The van der Waals surface area contributed by atoms with Crippen LogP contribution in [0.1, 0.15) is 11.1 Å². The minimum atomic E-state index is -1.26. The van der Waals surface area contributed by atoms with E-state index >= 15 is 0 Å². The van der Waals surface area contributed by atoms with Crippen LogP contribution in [0.5, 0.6) is 0 Å². The molecule has 0 atom stereocenters. The molecule has 0 bridgehead atoms. The van der Waals surface area contributed by atoms with Gasteiger partial charge in [0.2, 0.25) is 0 Å². The lowest BCUT2D eigenvalue weighted by Crippen LogP contribution is -2.37. The minimum absolute atomic E-state index is 1.10. The molecule has 0 aliphatic carbocycles. The highest BCUT2D eigenvalue weighted by Gasteiger charge is 2.16. The Balaban J connectivity index is 2.24. The summed E-state index contributed by atoms with van der Waals surface area (Å²) in [6, 6.07) is 17.5. The van der Waals surface area contributed by atoms with Gasteiger partial charge in [0, 0.05) is 11.1 Å². The van der Waals surface area contributed by atoms with Crippen LogP contribution in [0.2, 0.25) is 39.3 Å². The van der Waals surface area contributed by atoms with Gasteiger partial charge in [-0.3, -0.25) is 0 Å². The summed E-state index contributed by atoms with van der Waals surface area (Å²) < 4.78 is 0. The van der Waals surface area contributed by atoms with Gasteiger partial charge in [-0.05, 0) is 24.3 Å². The summed E-state index contributed by atoms with van der Waals surface area (Å²) in [5.74, 6) is 6.61. The van der Waals surface area contributed by atoms with Crippen molar-refractivity contribution < 1.29 is 0 Å². The first-order chi connectivity index (χ1) is 10.2. The zero-order valence-electron chi connectivity index (χ0n) is 14.6. The van der Waals surface area contributed by atoms with Crippen molar-refractivity contribution in [3.8, 4) is 11.8 Å². The Morgan fingerprint density at radius 1 is 0.591 bits per heavy atom. The average molecular weight is 323 g/mol. The Labute approximate surface area is 137 Å². The topological polar surface area (TPSA) is 0 Å². The van der Waals surface area contributed by atoms with Gasteiger partial charge in [-0.25, -0.2) is 0 Å². The molecular weight excluding hydrogens is 296 g/mol. The first-order valence-electron chi connectivity index (χ1n) is 7.89. The predicted octanol–water partition coefficient (Wildman–Crippen LogP) is 4.18. The highest BCUT2D eigenvalue weighted by molar-refractivity contribution is 6.89. The van der Waals surface area contributed by atoms with Gasteiger partial charge in [0.25, 0.3) is 0 Å². The molecule has 2 rings (SSSR count). The molecule has 0 fully saturated rings. The van der Waals surface area contributed by atoms with Crippen LogP contribution in [0, 0.1) is 11.8 Å². The summed E-state index contributed by atoms with van der Waals surface area (Å²) in [6.07, 6.45) is 0. The molecule has 0 unspecified atom stereocenters. The van der Waals surface area contributed by atoms with Crippen LogP contribution < -0.4 is 10.4 Å². The summed E-state index contributed by atoms with van der Waals surface area (Å²) in [6.45, 7) is 14.2. The first-order valence-corrected chi connectivity index (χ1v) is 14.9. The maximum Gasteiger partial charge on any atom is 0.0776 e. The quantitative estimate of drug-likeness (QED) is 0.575. The fourth-order valence-electron chi connectivity index (χ4n) is 2.26. The predicted molar refractivity (Wildman–Crippen MR) is 105 cm³/mol. The van der Waals surface area contributed by atoms with E-state index in [-0.39, 0.29) is 0 Å². The minimum Gasteiger partial charge on any atom is -0.0656 e. The SMILES string of the molecule is C[Si](C)(C)c1ccc(C#Cc2cccc([Si](C)(C)C)c2)cc1. The molecule has 0 heterocycles. The largest absolute Gasteiger partial charge is 0.0776 e. The van der Waals surface area contributed by atoms with E-state index in [1.54, 1.807) is 0 Å². The van der Waals surface area contributed by atoms with Crippen LogP contribution in [0.3, 0.4) is 0 Å². The number of benzene rings is 2. The van der Waals surface area contributed by atoms with E-state index in [2.05, 4.69) is 99.7 Å². The molecule has 0 saturated carbocycles. The molecule has 2 heteroatoms. The molecule has 0 aromatic heterocycles. The lowest BCUT2D eigenvalue weighted by Gasteiger charge is -2.16. The molecule has 2 aromatic rings. The highest BCUT2D eigenvalue weighted by Crippen LogP contribution is 2.06. The molecule has 0 aliphatic heterocycles. The summed E-state index contributed by atoms with van der Waals surface area (Å²) in [7, 11) is -2.48. The molecule has 114 valence electrons. The van der Waals surface area contributed by atoms with Gasteiger partial charge in [0.05, 0.1) is 16.1 Å². The third-order valence-electron chi connectivity index (χ3n) is 3.83. The Kier molecular flexibility index (Phi) is 4.79. The molecule has 22 heavy (non-hydrogen) atoms. The van der Waals surface area contributed by atoms with Crippen LogP contribution in [0.15, 0.2) is 48.5 Å². The molecule has 2 aromatic carbocycles. The molecule has 0 amide bonds. The second-order valence-corrected chi connectivity index (χ2v) is 18.1. The fraction of sp³-hybridized carbons (Fsp3) is 0.300. The van der Waals surface area contributed by atoms with Crippen molar-refractivity contribution in [1.29, 1.82) is 0 Å². The smallest absolute Gasteiger partial charge is 0.0656 e. The average Bonchev–Trinajstić information content (AvgIpc) is 2.44. The third-order valence-corrected chi connectivity index (χ3v) is 7.94. The standard InChI is InChI=1S/C20H26Si2/c1-21(2,3)19-14-12-17(13-15-19)10-11-18-8-7-9-20(16-18)22(4,5)6/h7-9,12-16H,1-6H3. The van der Waals surface area contributed by atoms with E-state index in [9.17, 15) is 0 Å². The third kappa shape index (κ3) is 4.46. The summed E-state index contributed by atoms with van der Waals surface area (Å²) in [4.78, 5) is 0. The van der Waals surface area contributed by atoms with Crippen molar-refractivity contribution in [3.63, 3.8) is 0 Å².